The van der Waals surface area contributed by atoms with E-state index in [0.717, 1.165) is 5.69 Å². The molecule has 2 rings (SSSR count). The summed E-state index contributed by atoms with van der Waals surface area (Å²) < 4.78 is 0. The van der Waals surface area contributed by atoms with Crippen molar-refractivity contribution in [2.24, 2.45) is 0 Å². The third-order valence-electron chi connectivity index (χ3n) is 2.08. The van der Waals surface area contributed by atoms with Gasteiger partial charge in [0.05, 0.1) is 0 Å². The number of amides is 1. The topological polar surface area (TPSA) is 29.1 Å². The molecular weight excluding hydrogens is 222 g/mol. The second-order valence-corrected chi connectivity index (χ2v) is 3.69. The summed E-state index contributed by atoms with van der Waals surface area (Å²) in [6.07, 6.45) is 0. The molecule has 0 spiro atoms. The number of rotatable bonds is 2. The van der Waals surface area contributed by atoms with Gasteiger partial charge in [0.2, 0.25) is 0 Å². The highest BCUT2D eigenvalue weighted by molar-refractivity contribution is 6.30. The Labute approximate surface area is 98.9 Å². The summed E-state index contributed by atoms with van der Waals surface area (Å²) in [4.78, 5) is 11.7. The van der Waals surface area contributed by atoms with Crippen molar-refractivity contribution in [2.45, 2.75) is 0 Å². The van der Waals surface area contributed by atoms with E-state index in [2.05, 4.69) is 11.4 Å². The molecule has 1 amide bonds. The Bertz CT molecular complexity index is 479. The molecule has 1 N–H and O–H groups in total. The third-order valence-corrected chi connectivity index (χ3v) is 2.33. The lowest BCUT2D eigenvalue weighted by Crippen LogP contribution is -2.11. The third kappa shape index (κ3) is 2.61. The Morgan fingerprint density at radius 2 is 1.69 bits per heavy atom. The van der Waals surface area contributed by atoms with Gasteiger partial charge in [-0.3, -0.25) is 4.79 Å². The maximum atomic E-state index is 11.7. The minimum Gasteiger partial charge on any atom is -0.322 e. The first-order valence-corrected chi connectivity index (χ1v) is 5.16. The van der Waals surface area contributed by atoms with E-state index in [9.17, 15) is 4.79 Å². The zero-order valence-corrected chi connectivity index (χ0v) is 9.16. The number of benzene rings is 2. The monoisotopic (exact) mass is 230 g/mol. The fraction of sp³-hybridized carbons (Fsp3) is 0. The van der Waals surface area contributed by atoms with Gasteiger partial charge in [-0.2, -0.15) is 0 Å². The lowest BCUT2D eigenvalue weighted by molar-refractivity contribution is 0.102. The molecule has 79 valence electrons. The summed E-state index contributed by atoms with van der Waals surface area (Å²) in [5, 5.41) is 3.42. The van der Waals surface area contributed by atoms with Crippen molar-refractivity contribution in [3.63, 3.8) is 0 Å². The number of carbonyl (C=O) groups is 1. The summed E-state index contributed by atoms with van der Waals surface area (Å²) >= 11 is 5.75. The van der Waals surface area contributed by atoms with Crippen LogP contribution in [0, 0.1) is 6.07 Å². The molecule has 16 heavy (non-hydrogen) atoms. The van der Waals surface area contributed by atoms with Crippen molar-refractivity contribution in [2.75, 3.05) is 5.32 Å². The Morgan fingerprint density at radius 3 is 2.31 bits per heavy atom. The Kier molecular flexibility index (Phi) is 3.22. The van der Waals surface area contributed by atoms with Gasteiger partial charge in [0, 0.05) is 16.3 Å². The van der Waals surface area contributed by atoms with Crippen molar-refractivity contribution < 1.29 is 4.79 Å². The van der Waals surface area contributed by atoms with E-state index in [0.29, 0.717) is 10.6 Å². The number of hydrogen-bond donors (Lipinski definition) is 1. The van der Waals surface area contributed by atoms with Crippen LogP contribution in [0.4, 0.5) is 5.69 Å². The smallest absolute Gasteiger partial charge is 0.255 e. The summed E-state index contributed by atoms with van der Waals surface area (Å²) in [7, 11) is 0. The highest BCUT2D eigenvalue weighted by atomic mass is 35.5. The van der Waals surface area contributed by atoms with Gasteiger partial charge >= 0.3 is 0 Å². The largest absolute Gasteiger partial charge is 0.322 e. The SMILES string of the molecule is O=C(Nc1ccc(Cl)cc1)c1cc[c]cc1. The molecular formula is C13H9ClNO. The molecule has 0 aliphatic heterocycles. The van der Waals surface area contributed by atoms with Crippen LogP contribution in [-0.4, -0.2) is 5.91 Å². The molecule has 0 saturated heterocycles. The summed E-state index contributed by atoms with van der Waals surface area (Å²) in [6, 6.07) is 16.7. The average Bonchev–Trinajstić information content (AvgIpc) is 2.33. The van der Waals surface area contributed by atoms with Crippen molar-refractivity contribution in [1.29, 1.82) is 0 Å². The fourth-order valence-electron chi connectivity index (χ4n) is 1.27. The van der Waals surface area contributed by atoms with E-state index >= 15 is 0 Å². The molecule has 0 fully saturated rings. The second-order valence-electron chi connectivity index (χ2n) is 3.25. The van der Waals surface area contributed by atoms with Crippen LogP contribution in [0.5, 0.6) is 0 Å². The Balaban J connectivity index is 2.11. The van der Waals surface area contributed by atoms with Gasteiger partial charge in [-0.15, -0.1) is 0 Å². The molecule has 3 heteroatoms. The molecule has 0 unspecified atom stereocenters. The molecule has 0 bridgehead atoms. The molecule has 0 aliphatic rings. The van der Waals surface area contributed by atoms with Crippen LogP contribution in [0.2, 0.25) is 5.02 Å². The Morgan fingerprint density at radius 1 is 1.06 bits per heavy atom. The van der Waals surface area contributed by atoms with Crippen molar-refractivity contribution in [3.8, 4) is 0 Å². The molecule has 0 aliphatic carbocycles. The second kappa shape index (κ2) is 4.81. The minimum absolute atomic E-state index is 0.142. The van der Waals surface area contributed by atoms with Crippen LogP contribution in [0.15, 0.2) is 48.5 Å². The first kappa shape index (κ1) is 10.7. The van der Waals surface area contributed by atoms with E-state index in [1.54, 1.807) is 48.5 Å². The molecule has 2 aromatic carbocycles. The number of anilines is 1. The van der Waals surface area contributed by atoms with Crippen LogP contribution in [0.1, 0.15) is 10.4 Å². The number of nitrogens with one attached hydrogen (secondary N) is 1. The quantitative estimate of drug-likeness (QED) is 0.842. The van der Waals surface area contributed by atoms with Gasteiger partial charge < -0.3 is 5.32 Å². The van der Waals surface area contributed by atoms with Gasteiger partial charge in [-0.05, 0) is 42.5 Å². The maximum absolute atomic E-state index is 11.7. The van der Waals surface area contributed by atoms with E-state index in [4.69, 9.17) is 11.6 Å². The van der Waals surface area contributed by atoms with Gasteiger partial charge in [0.15, 0.2) is 0 Å². The summed E-state index contributed by atoms with van der Waals surface area (Å²) in [5.41, 5.74) is 1.33. The fourth-order valence-corrected chi connectivity index (χ4v) is 1.40. The lowest BCUT2D eigenvalue weighted by Gasteiger charge is -2.04. The number of halogens is 1. The van der Waals surface area contributed by atoms with E-state index in [1.165, 1.54) is 0 Å². The van der Waals surface area contributed by atoms with Gasteiger partial charge in [-0.25, -0.2) is 0 Å². The van der Waals surface area contributed by atoms with Crippen molar-refractivity contribution >= 4 is 23.2 Å². The van der Waals surface area contributed by atoms with Crippen LogP contribution < -0.4 is 5.32 Å². The Hall–Kier alpha value is -1.80. The first-order valence-electron chi connectivity index (χ1n) is 4.79. The normalized spacial score (nSPS) is 9.81. The summed E-state index contributed by atoms with van der Waals surface area (Å²) in [5.74, 6) is -0.142. The molecule has 2 aromatic rings. The summed E-state index contributed by atoms with van der Waals surface area (Å²) in [6.45, 7) is 0. The van der Waals surface area contributed by atoms with Crippen molar-refractivity contribution in [1.82, 2.24) is 0 Å². The molecule has 2 nitrogen and oxygen atoms in total. The highest BCUT2D eigenvalue weighted by Crippen LogP contribution is 2.14. The predicted molar refractivity (Wildman–Crippen MR) is 64.7 cm³/mol. The molecule has 0 heterocycles. The number of hydrogen-bond acceptors (Lipinski definition) is 1. The van der Waals surface area contributed by atoms with Crippen LogP contribution in [0.3, 0.4) is 0 Å². The average molecular weight is 231 g/mol. The number of carbonyl (C=O) groups excluding carboxylic acids is 1. The van der Waals surface area contributed by atoms with Crippen molar-refractivity contribution in [3.05, 3.63) is 65.2 Å². The molecule has 1 radical (unpaired) electrons. The van der Waals surface area contributed by atoms with Crippen LogP contribution in [0.25, 0.3) is 0 Å². The predicted octanol–water partition coefficient (Wildman–Crippen LogP) is 3.39. The van der Waals surface area contributed by atoms with E-state index in [-0.39, 0.29) is 5.91 Å². The van der Waals surface area contributed by atoms with E-state index in [1.807, 2.05) is 0 Å². The van der Waals surface area contributed by atoms with E-state index < -0.39 is 0 Å². The zero-order chi connectivity index (χ0) is 11.4. The molecule has 0 saturated carbocycles. The first-order chi connectivity index (χ1) is 7.75. The van der Waals surface area contributed by atoms with Crippen LogP contribution >= 0.6 is 11.6 Å². The van der Waals surface area contributed by atoms with Gasteiger partial charge in [-0.1, -0.05) is 23.7 Å². The maximum Gasteiger partial charge on any atom is 0.255 e. The highest BCUT2D eigenvalue weighted by Gasteiger charge is 2.04. The lowest BCUT2D eigenvalue weighted by atomic mass is 10.2. The van der Waals surface area contributed by atoms with Crippen LogP contribution in [-0.2, 0) is 0 Å². The van der Waals surface area contributed by atoms with Gasteiger partial charge in [0.1, 0.15) is 0 Å². The zero-order valence-electron chi connectivity index (χ0n) is 8.41. The standard InChI is InChI=1S/C13H9ClNO/c14-11-6-8-12(9-7-11)15-13(16)10-4-2-1-3-5-10/h2-9H,(H,15,16). The molecule has 0 aromatic heterocycles. The van der Waals surface area contributed by atoms with Gasteiger partial charge in [0.25, 0.3) is 5.91 Å². The minimum atomic E-state index is -0.142. The molecule has 0 atom stereocenters.